The summed E-state index contributed by atoms with van der Waals surface area (Å²) in [6, 6.07) is -0.338. The molecule has 1 atom stereocenters. The smallest absolute Gasteiger partial charge is 0.346 e. The molecule has 2 aliphatic rings. The molecule has 2 amide bonds. The Morgan fingerprint density at radius 2 is 2.12 bits per heavy atom. The highest BCUT2D eigenvalue weighted by molar-refractivity contribution is 6.03. The Labute approximate surface area is 102 Å². The molecule has 0 radical (unpaired) electrons. The van der Waals surface area contributed by atoms with E-state index in [1.54, 1.807) is 4.90 Å². The largest absolute Gasteiger partial charge is 0.385 e. The van der Waals surface area contributed by atoms with E-state index in [2.05, 4.69) is 17.8 Å². The summed E-state index contributed by atoms with van der Waals surface area (Å²) in [7, 11) is 0. The quantitative estimate of drug-likeness (QED) is 0.737. The normalized spacial score (nSPS) is 33.4. The van der Waals surface area contributed by atoms with Crippen molar-refractivity contribution in [3.63, 3.8) is 0 Å². The van der Waals surface area contributed by atoms with E-state index < -0.39 is 0 Å². The second-order valence-corrected chi connectivity index (χ2v) is 5.12. The van der Waals surface area contributed by atoms with E-state index in [0.717, 1.165) is 18.8 Å². The molecular weight excluding hydrogens is 214 g/mol. The number of hydrogen-bond donors (Lipinski definition) is 1. The van der Waals surface area contributed by atoms with Crippen LogP contribution in [0.25, 0.3) is 0 Å². The van der Waals surface area contributed by atoms with E-state index in [4.69, 9.17) is 12.2 Å². The molecule has 0 bridgehead atoms. The van der Waals surface area contributed by atoms with E-state index in [1.807, 2.05) is 0 Å². The number of aliphatic imine (C=N–C) groups is 1. The molecule has 17 heavy (non-hydrogen) atoms. The van der Waals surface area contributed by atoms with E-state index in [1.165, 1.54) is 12.8 Å². The van der Waals surface area contributed by atoms with Gasteiger partial charge in [0.2, 0.25) is 0 Å². The maximum Gasteiger partial charge on any atom is 0.346 e. The summed E-state index contributed by atoms with van der Waals surface area (Å²) in [5.41, 5.74) is 5.87. The Balaban J connectivity index is 2.10. The van der Waals surface area contributed by atoms with Crippen molar-refractivity contribution in [2.75, 3.05) is 6.54 Å². The molecule has 1 aliphatic carbocycles. The number of amidine groups is 1. The van der Waals surface area contributed by atoms with Gasteiger partial charge in [0.25, 0.3) is 0 Å². The summed E-state index contributed by atoms with van der Waals surface area (Å²) >= 11 is 0. The predicted octanol–water partition coefficient (Wildman–Crippen LogP) is 1.61. The molecule has 1 aliphatic heterocycles. The minimum absolute atomic E-state index is 0.0638. The van der Waals surface area contributed by atoms with Gasteiger partial charge >= 0.3 is 6.03 Å². The topological polar surface area (TPSA) is 58.7 Å². The fraction of sp³-hybridized carbons (Fsp3) is 0.692. The van der Waals surface area contributed by atoms with Gasteiger partial charge in [-0.15, -0.1) is 6.42 Å². The van der Waals surface area contributed by atoms with E-state index in [9.17, 15) is 4.79 Å². The van der Waals surface area contributed by atoms with Gasteiger partial charge in [-0.3, -0.25) is 0 Å². The zero-order valence-corrected chi connectivity index (χ0v) is 10.2. The van der Waals surface area contributed by atoms with Gasteiger partial charge in [0.05, 0.1) is 12.6 Å². The number of carbonyl (C=O) groups excluding carboxylic acids is 1. The van der Waals surface area contributed by atoms with Gasteiger partial charge in [0, 0.05) is 0 Å². The molecule has 0 aromatic heterocycles. The van der Waals surface area contributed by atoms with Gasteiger partial charge in [0.15, 0.2) is 0 Å². The van der Waals surface area contributed by atoms with Crippen LogP contribution >= 0.6 is 0 Å². The van der Waals surface area contributed by atoms with Crippen LogP contribution in [0.4, 0.5) is 4.79 Å². The molecule has 0 spiro atoms. The first-order valence-corrected chi connectivity index (χ1v) is 6.21. The average Bonchev–Trinajstić information content (AvgIpc) is 2.56. The first-order valence-electron chi connectivity index (χ1n) is 6.21. The summed E-state index contributed by atoms with van der Waals surface area (Å²) in [5.74, 6) is 4.17. The third-order valence-corrected chi connectivity index (χ3v) is 3.88. The highest BCUT2D eigenvalue weighted by atomic mass is 16.2. The van der Waals surface area contributed by atoms with Crippen molar-refractivity contribution in [2.45, 2.75) is 38.6 Å². The van der Waals surface area contributed by atoms with Crippen LogP contribution in [0.5, 0.6) is 0 Å². The van der Waals surface area contributed by atoms with Crippen LogP contribution < -0.4 is 5.73 Å². The van der Waals surface area contributed by atoms with Gasteiger partial charge < -0.3 is 10.6 Å². The number of nitrogens with two attached hydrogens (primary N) is 1. The Kier molecular flexibility index (Phi) is 3.37. The standard InChI is InChI=1S/C13H19N3O/c1-3-8-16-11(12(14)15-13(16)17)10-6-4-9(2)5-7-10/h1,9-11H,4-8H2,2H3,(H2,14,15,17). The molecule has 4 heteroatoms. The lowest BCUT2D eigenvalue weighted by Crippen LogP contribution is -2.46. The minimum Gasteiger partial charge on any atom is -0.385 e. The lowest BCUT2D eigenvalue weighted by molar-refractivity contribution is 0.175. The number of nitrogens with zero attached hydrogens (tertiary/aromatic N) is 2. The van der Waals surface area contributed by atoms with Crippen LogP contribution in [0.2, 0.25) is 0 Å². The van der Waals surface area contributed by atoms with Crippen LogP contribution in [-0.4, -0.2) is 29.4 Å². The van der Waals surface area contributed by atoms with Gasteiger partial charge in [-0.25, -0.2) is 4.79 Å². The fourth-order valence-corrected chi connectivity index (χ4v) is 2.88. The van der Waals surface area contributed by atoms with Crippen LogP contribution in [0.3, 0.4) is 0 Å². The second kappa shape index (κ2) is 4.79. The van der Waals surface area contributed by atoms with E-state index in [-0.39, 0.29) is 12.1 Å². The minimum atomic E-state index is -0.274. The summed E-state index contributed by atoms with van der Waals surface area (Å²) in [4.78, 5) is 17.1. The number of carbonyl (C=O) groups is 1. The molecule has 4 nitrogen and oxygen atoms in total. The number of rotatable bonds is 2. The van der Waals surface area contributed by atoms with Crippen molar-refractivity contribution in [2.24, 2.45) is 22.6 Å². The highest BCUT2D eigenvalue weighted by Crippen LogP contribution is 2.34. The monoisotopic (exact) mass is 233 g/mol. The lowest BCUT2D eigenvalue weighted by Gasteiger charge is -2.34. The summed E-state index contributed by atoms with van der Waals surface area (Å²) in [6.45, 7) is 2.58. The van der Waals surface area contributed by atoms with Crippen LogP contribution in [0, 0.1) is 24.2 Å². The molecule has 1 saturated carbocycles. The molecule has 1 heterocycles. The summed E-state index contributed by atoms with van der Waals surface area (Å²) < 4.78 is 0. The van der Waals surface area contributed by atoms with Crippen molar-refractivity contribution in [1.29, 1.82) is 0 Å². The highest BCUT2D eigenvalue weighted by Gasteiger charge is 2.39. The molecule has 0 saturated heterocycles. The van der Waals surface area contributed by atoms with Crippen molar-refractivity contribution in [3.05, 3.63) is 0 Å². The molecular formula is C13H19N3O. The van der Waals surface area contributed by atoms with Crippen molar-refractivity contribution in [1.82, 2.24) is 4.90 Å². The first-order chi connectivity index (χ1) is 8.13. The number of terminal acetylenes is 1. The Bertz CT molecular complexity index is 375. The zero-order valence-electron chi connectivity index (χ0n) is 10.2. The summed E-state index contributed by atoms with van der Waals surface area (Å²) in [5, 5.41) is 0. The molecule has 0 aromatic carbocycles. The molecule has 0 aromatic rings. The fourth-order valence-electron chi connectivity index (χ4n) is 2.88. The Morgan fingerprint density at radius 1 is 1.47 bits per heavy atom. The zero-order chi connectivity index (χ0) is 12.4. The molecule has 1 unspecified atom stereocenters. The van der Waals surface area contributed by atoms with Crippen molar-refractivity contribution >= 4 is 11.9 Å². The maximum atomic E-state index is 11.7. The SMILES string of the molecule is C#CCN1C(=O)N=C(N)C1C1CCC(C)CC1. The van der Waals surface area contributed by atoms with Gasteiger partial charge in [0.1, 0.15) is 5.84 Å². The van der Waals surface area contributed by atoms with Gasteiger partial charge in [-0.05, 0) is 24.7 Å². The van der Waals surface area contributed by atoms with Crippen molar-refractivity contribution < 1.29 is 4.79 Å². The number of amides is 2. The van der Waals surface area contributed by atoms with Gasteiger partial charge in [-0.2, -0.15) is 4.99 Å². The molecule has 92 valence electrons. The van der Waals surface area contributed by atoms with E-state index >= 15 is 0 Å². The predicted molar refractivity (Wildman–Crippen MR) is 67.5 cm³/mol. The third-order valence-electron chi connectivity index (χ3n) is 3.88. The second-order valence-electron chi connectivity index (χ2n) is 5.12. The van der Waals surface area contributed by atoms with Crippen molar-refractivity contribution in [3.8, 4) is 12.3 Å². The van der Waals surface area contributed by atoms with Gasteiger partial charge in [-0.1, -0.05) is 25.7 Å². The third kappa shape index (κ3) is 2.28. The number of urea groups is 1. The number of hydrogen-bond acceptors (Lipinski definition) is 2. The van der Waals surface area contributed by atoms with Crippen LogP contribution in [-0.2, 0) is 0 Å². The Hall–Kier alpha value is -1.50. The molecule has 2 N–H and O–H groups in total. The van der Waals surface area contributed by atoms with Crippen LogP contribution in [0.15, 0.2) is 4.99 Å². The van der Waals surface area contributed by atoms with E-state index in [0.29, 0.717) is 18.3 Å². The molecule has 1 fully saturated rings. The summed E-state index contributed by atoms with van der Waals surface area (Å²) in [6.07, 6.45) is 9.91. The molecule has 2 rings (SSSR count). The first kappa shape index (κ1) is 12.0. The maximum absolute atomic E-state index is 11.7. The Morgan fingerprint density at radius 3 is 2.71 bits per heavy atom. The van der Waals surface area contributed by atoms with Crippen LogP contribution in [0.1, 0.15) is 32.6 Å². The lowest BCUT2D eigenvalue weighted by atomic mass is 9.78. The average molecular weight is 233 g/mol.